The van der Waals surface area contributed by atoms with Gasteiger partial charge in [0, 0.05) is 0 Å². The van der Waals surface area contributed by atoms with Gasteiger partial charge in [0.25, 0.3) is 0 Å². The molecule has 0 fully saturated rings. The molecule has 2 heteroatoms. The van der Waals surface area contributed by atoms with Crippen molar-refractivity contribution in [3.63, 3.8) is 0 Å². The second-order valence-corrected chi connectivity index (χ2v) is 5.34. The van der Waals surface area contributed by atoms with Crippen molar-refractivity contribution in [1.82, 2.24) is 0 Å². The summed E-state index contributed by atoms with van der Waals surface area (Å²) >= 11 is 0. The van der Waals surface area contributed by atoms with E-state index in [9.17, 15) is 4.79 Å². The Balaban J connectivity index is 2.12. The molecule has 106 valence electrons. The molecule has 1 aliphatic heterocycles. The minimum absolute atomic E-state index is 0.147. The number of carbonyl (C=O) groups excluding carboxylic acids is 1. The number of carbonyl (C=O) groups is 1. The van der Waals surface area contributed by atoms with E-state index in [0.29, 0.717) is 24.3 Å². The number of fused-ring (bicyclic) bond motifs is 1. The van der Waals surface area contributed by atoms with Gasteiger partial charge in [0.05, 0.1) is 11.0 Å². The predicted molar refractivity (Wildman–Crippen MR) is 83.8 cm³/mol. The zero-order valence-electron chi connectivity index (χ0n) is 12.1. The van der Waals surface area contributed by atoms with E-state index >= 15 is 0 Å². The lowest BCUT2D eigenvalue weighted by atomic mass is 9.71. The Morgan fingerprint density at radius 3 is 2.57 bits per heavy atom. The second kappa shape index (κ2) is 5.57. The average molecular weight is 278 g/mol. The molecule has 0 saturated carbocycles. The lowest BCUT2D eigenvalue weighted by Gasteiger charge is -2.36. The smallest absolute Gasteiger partial charge is 0.180 e. The van der Waals surface area contributed by atoms with Crippen LogP contribution < -0.4 is 4.74 Å². The van der Waals surface area contributed by atoms with Gasteiger partial charge in [0.1, 0.15) is 12.4 Å². The normalized spacial score (nSPS) is 21.1. The minimum Gasteiger partial charge on any atom is -0.491 e. The summed E-state index contributed by atoms with van der Waals surface area (Å²) in [7, 11) is 0. The molecule has 0 spiro atoms. The number of Topliss-reactive ketones (excluding diaryl/α,β-unsaturated/α-hetero) is 1. The highest BCUT2D eigenvalue weighted by atomic mass is 16.5. The van der Waals surface area contributed by atoms with E-state index in [2.05, 4.69) is 0 Å². The van der Waals surface area contributed by atoms with Crippen LogP contribution >= 0.6 is 0 Å². The molecule has 2 aromatic rings. The van der Waals surface area contributed by atoms with E-state index in [1.54, 1.807) is 0 Å². The largest absolute Gasteiger partial charge is 0.491 e. The fourth-order valence-electron chi connectivity index (χ4n) is 2.86. The van der Waals surface area contributed by atoms with Crippen LogP contribution in [-0.4, -0.2) is 12.4 Å². The molecule has 1 aliphatic rings. The lowest BCUT2D eigenvalue weighted by molar-refractivity contribution is 0.0770. The zero-order valence-corrected chi connectivity index (χ0v) is 12.1. The second-order valence-electron chi connectivity index (χ2n) is 5.34. The molecular weight excluding hydrogens is 260 g/mol. The van der Waals surface area contributed by atoms with Gasteiger partial charge in [-0.15, -0.1) is 0 Å². The lowest BCUT2D eigenvalue weighted by Crippen LogP contribution is -2.44. The van der Waals surface area contributed by atoms with E-state index in [1.807, 2.05) is 73.7 Å². The van der Waals surface area contributed by atoms with Crippen molar-refractivity contribution in [2.75, 3.05) is 6.61 Å². The highest BCUT2D eigenvalue weighted by Crippen LogP contribution is 2.39. The molecule has 1 atom stereocenters. The Bertz CT molecular complexity index is 673. The van der Waals surface area contributed by atoms with Gasteiger partial charge in [0.2, 0.25) is 0 Å². The van der Waals surface area contributed by atoms with Crippen molar-refractivity contribution in [3.8, 4) is 5.75 Å². The molecule has 2 aromatic carbocycles. The van der Waals surface area contributed by atoms with Crippen LogP contribution in [0.3, 0.4) is 0 Å². The number of rotatable bonds is 3. The first kappa shape index (κ1) is 13.6. The van der Waals surface area contributed by atoms with Crippen LogP contribution in [0.2, 0.25) is 0 Å². The Labute approximate surface area is 125 Å². The first-order valence-electron chi connectivity index (χ1n) is 7.21. The maximum atomic E-state index is 13.1. The topological polar surface area (TPSA) is 26.3 Å². The van der Waals surface area contributed by atoms with Crippen molar-refractivity contribution in [1.29, 1.82) is 0 Å². The maximum absolute atomic E-state index is 13.1. The summed E-state index contributed by atoms with van der Waals surface area (Å²) < 4.78 is 5.91. The summed E-state index contributed by atoms with van der Waals surface area (Å²) in [4.78, 5) is 13.1. The van der Waals surface area contributed by atoms with Crippen LogP contribution in [-0.2, 0) is 5.41 Å². The molecule has 3 rings (SSSR count). The van der Waals surface area contributed by atoms with Crippen LogP contribution in [0.5, 0.6) is 5.75 Å². The van der Waals surface area contributed by atoms with E-state index in [1.165, 1.54) is 0 Å². The molecule has 0 bridgehead atoms. The fourth-order valence-corrected chi connectivity index (χ4v) is 2.86. The Morgan fingerprint density at radius 1 is 1.10 bits per heavy atom. The van der Waals surface area contributed by atoms with E-state index in [4.69, 9.17) is 4.74 Å². The van der Waals surface area contributed by atoms with Crippen LogP contribution in [0.15, 0.2) is 66.7 Å². The third-order valence-corrected chi connectivity index (χ3v) is 4.07. The van der Waals surface area contributed by atoms with Crippen molar-refractivity contribution >= 4 is 5.78 Å². The molecule has 0 radical (unpaired) electrons. The summed E-state index contributed by atoms with van der Waals surface area (Å²) in [5, 5.41) is 0. The number of hydrogen-bond acceptors (Lipinski definition) is 2. The maximum Gasteiger partial charge on any atom is 0.180 e. The molecule has 0 aromatic heterocycles. The van der Waals surface area contributed by atoms with Gasteiger partial charge in [-0.3, -0.25) is 4.79 Å². The third kappa shape index (κ3) is 2.27. The standard InChI is InChI=1S/C19H18O2/c1-2-3-13-19(15-9-5-4-6-10-15)14-21-17-12-8-7-11-16(17)18(19)20/h2-12H,13-14H2,1H3/b3-2+/t19-/m0/s1. The molecule has 0 unspecified atom stereocenters. The molecular formula is C19H18O2. The van der Waals surface area contributed by atoms with Crippen LogP contribution in [0.25, 0.3) is 0 Å². The van der Waals surface area contributed by atoms with Crippen LogP contribution in [0.4, 0.5) is 0 Å². The summed E-state index contributed by atoms with van der Waals surface area (Å²) in [5.41, 5.74) is 1.07. The molecule has 2 nitrogen and oxygen atoms in total. The SMILES string of the molecule is C/C=C/C[C@@]1(c2ccccc2)COc2ccccc2C1=O. The van der Waals surface area contributed by atoms with Crippen LogP contribution in [0.1, 0.15) is 29.3 Å². The van der Waals surface area contributed by atoms with Gasteiger partial charge < -0.3 is 4.74 Å². The summed E-state index contributed by atoms with van der Waals surface area (Å²) in [6.07, 6.45) is 4.68. The summed E-state index contributed by atoms with van der Waals surface area (Å²) in [5.74, 6) is 0.836. The number of ether oxygens (including phenoxy) is 1. The van der Waals surface area contributed by atoms with E-state index < -0.39 is 5.41 Å². The van der Waals surface area contributed by atoms with E-state index in [0.717, 1.165) is 5.56 Å². The van der Waals surface area contributed by atoms with Gasteiger partial charge >= 0.3 is 0 Å². The van der Waals surface area contributed by atoms with E-state index in [-0.39, 0.29) is 5.78 Å². The quantitative estimate of drug-likeness (QED) is 0.788. The molecule has 0 amide bonds. The van der Waals surface area contributed by atoms with Crippen LogP contribution in [0, 0.1) is 0 Å². The number of para-hydroxylation sites is 1. The number of benzene rings is 2. The molecule has 1 heterocycles. The summed E-state index contributed by atoms with van der Waals surface area (Å²) in [6, 6.07) is 17.4. The zero-order chi connectivity index (χ0) is 14.7. The van der Waals surface area contributed by atoms with Crippen molar-refractivity contribution in [3.05, 3.63) is 77.9 Å². The van der Waals surface area contributed by atoms with Gasteiger partial charge in [-0.2, -0.15) is 0 Å². The molecule has 21 heavy (non-hydrogen) atoms. The Kier molecular flexibility index (Phi) is 3.61. The number of allylic oxidation sites excluding steroid dienone is 2. The highest BCUT2D eigenvalue weighted by molar-refractivity contribution is 6.07. The predicted octanol–water partition coefficient (Wildman–Crippen LogP) is 4.17. The first-order chi connectivity index (χ1) is 10.3. The molecule has 0 aliphatic carbocycles. The Morgan fingerprint density at radius 2 is 1.81 bits per heavy atom. The third-order valence-electron chi connectivity index (χ3n) is 4.07. The average Bonchev–Trinajstić information content (AvgIpc) is 2.56. The van der Waals surface area contributed by atoms with Gasteiger partial charge in [-0.25, -0.2) is 0 Å². The number of ketones is 1. The Hall–Kier alpha value is -2.35. The highest BCUT2D eigenvalue weighted by Gasteiger charge is 2.44. The van der Waals surface area contributed by atoms with Crippen molar-refractivity contribution < 1.29 is 9.53 Å². The molecule has 0 N–H and O–H groups in total. The fraction of sp³-hybridized carbons (Fsp3) is 0.211. The van der Waals surface area contributed by atoms with Gasteiger partial charge in [0.15, 0.2) is 5.78 Å². The van der Waals surface area contributed by atoms with Gasteiger partial charge in [-0.05, 0) is 31.0 Å². The summed E-state index contributed by atoms with van der Waals surface area (Å²) in [6.45, 7) is 2.36. The monoisotopic (exact) mass is 278 g/mol. The first-order valence-corrected chi connectivity index (χ1v) is 7.21. The van der Waals surface area contributed by atoms with Gasteiger partial charge in [-0.1, -0.05) is 54.6 Å². The molecule has 0 saturated heterocycles. The van der Waals surface area contributed by atoms with Crippen molar-refractivity contribution in [2.45, 2.75) is 18.8 Å². The minimum atomic E-state index is -0.623. The van der Waals surface area contributed by atoms with Crippen molar-refractivity contribution in [2.24, 2.45) is 0 Å². The number of hydrogen-bond donors (Lipinski definition) is 0.